The van der Waals surface area contributed by atoms with E-state index in [9.17, 15) is 4.79 Å². The highest BCUT2D eigenvalue weighted by atomic mass is 16.5. The van der Waals surface area contributed by atoms with Crippen LogP contribution in [0.5, 0.6) is 17.2 Å². The maximum atomic E-state index is 10.9. The molecule has 7 heteroatoms. The SMILES string of the molecule is COc1cc(C2=NC(C(=O)O)CO2)cc(OC)c1OC. The van der Waals surface area contributed by atoms with Crippen LogP contribution < -0.4 is 14.2 Å². The van der Waals surface area contributed by atoms with Crippen LogP contribution in [-0.2, 0) is 9.53 Å². The summed E-state index contributed by atoms with van der Waals surface area (Å²) in [6.07, 6.45) is 0. The molecule has 0 amide bonds. The van der Waals surface area contributed by atoms with E-state index in [1.54, 1.807) is 12.1 Å². The fourth-order valence-corrected chi connectivity index (χ4v) is 1.86. The van der Waals surface area contributed by atoms with Crippen LogP contribution in [-0.4, -0.2) is 51.0 Å². The Morgan fingerprint density at radius 3 is 2.25 bits per heavy atom. The van der Waals surface area contributed by atoms with Crippen molar-refractivity contribution in [2.75, 3.05) is 27.9 Å². The summed E-state index contributed by atoms with van der Waals surface area (Å²) in [6.45, 7) is 0.0152. The lowest BCUT2D eigenvalue weighted by Crippen LogP contribution is -2.18. The van der Waals surface area contributed by atoms with Gasteiger partial charge in [0, 0.05) is 5.56 Å². The van der Waals surface area contributed by atoms with Gasteiger partial charge in [-0.15, -0.1) is 0 Å². The molecule has 1 heterocycles. The van der Waals surface area contributed by atoms with Crippen molar-refractivity contribution in [3.8, 4) is 17.2 Å². The largest absolute Gasteiger partial charge is 0.493 e. The Hall–Kier alpha value is -2.44. The Labute approximate surface area is 115 Å². The van der Waals surface area contributed by atoms with Gasteiger partial charge in [0.15, 0.2) is 17.5 Å². The van der Waals surface area contributed by atoms with Crippen LogP contribution in [0.1, 0.15) is 5.56 Å². The van der Waals surface area contributed by atoms with E-state index in [1.165, 1.54) is 21.3 Å². The third-order valence-electron chi connectivity index (χ3n) is 2.85. The number of methoxy groups -OCH3 is 3. The second kappa shape index (κ2) is 5.68. The van der Waals surface area contributed by atoms with Gasteiger partial charge in [-0.25, -0.2) is 9.79 Å². The topological polar surface area (TPSA) is 86.6 Å². The first-order valence-electron chi connectivity index (χ1n) is 5.84. The number of benzene rings is 1. The smallest absolute Gasteiger partial charge is 0.332 e. The monoisotopic (exact) mass is 281 g/mol. The number of ether oxygens (including phenoxy) is 4. The van der Waals surface area contributed by atoms with E-state index in [0.717, 1.165) is 0 Å². The molecule has 0 bridgehead atoms. The van der Waals surface area contributed by atoms with E-state index in [-0.39, 0.29) is 12.5 Å². The molecule has 1 aromatic rings. The van der Waals surface area contributed by atoms with Crippen LogP contribution in [0, 0.1) is 0 Å². The predicted octanol–water partition coefficient (Wildman–Crippen LogP) is 0.942. The number of hydrogen-bond donors (Lipinski definition) is 1. The summed E-state index contributed by atoms with van der Waals surface area (Å²) < 4.78 is 21.0. The molecule has 0 saturated heterocycles. The molecule has 0 aromatic heterocycles. The zero-order chi connectivity index (χ0) is 14.7. The van der Waals surface area contributed by atoms with Crippen molar-refractivity contribution in [2.45, 2.75) is 6.04 Å². The van der Waals surface area contributed by atoms with Gasteiger partial charge in [-0.3, -0.25) is 0 Å². The Balaban J connectivity index is 2.43. The molecule has 0 spiro atoms. The number of rotatable bonds is 5. The second-order valence-corrected chi connectivity index (χ2v) is 4.01. The highest BCUT2D eigenvalue weighted by Gasteiger charge is 2.27. The van der Waals surface area contributed by atoms with Gasteiger partial charge < -0.3 is 24.1 Å². The first kappa shape index (κ1) is 14.0. The minimum Gasteiger partial charge on any atom is -0.493 e. The van der Waals surface area contributed by atoms with Gasteiger partial charge in [0.1, 0.15) is 6.61 Å². The summed E-state index contributed by atoms with van der Waals surface area (Å²) >= 11 is 0. The third-order valence-corrected chi connectivity index (χ3v) is 2.85. The van der Waals surface area contributed by atoms with Crippen LogP contribution in [0.2, 0.25) is 0 Å². The molecule has 1 unspecified atom stereocenters. The molecule has 1 N–H and O–H groups in total. The molecule has 1 aromatic carbocycles. The summed E-state index contributed by atoms with van der Waals surface area (Å²) in [5, 5.41) is 8.91. The van der Waals surface area contributed by atoms with Gasteiger partial charge in [0.2, 0.25) is 11.6 Å². The van der Waals surface area contributed by atoms with Gasteiger partial charge in [0.05, 0.1) is 21.3 Å². The van der Waals surface area contributed by atoms with Crippen molar-refractivity contribution in [3.05, 3.63) is 17.7 Å². The fraction of sp³-hybridized carbons (Fsp3) is 0.385. The number of aliphatic carboxylic acids is 1. The molecule has 0 fully saturated rings. The fourth-order valence-electron chi connectivity index (χ4n) is 1.86. The molecule has 0 aliphatic carbocycles. The van der Waals surface area contributed by atoms with Crippen LogP contribution >= 0.6 is 0 Å². The maximum Gasteiger partial charge on any atom is 0.332 e. The minimum atomic E-state index is -1.02. The van der Waals surface area contributed by atoms with Crippen LogP contribution in [0.15, 0.2) is 17.1 Å². The summed E-state index contributed by atoms with van der Waals surface area (Å²) in [5.74, 6) is 0.579. The zero-order valence-corrected chi connectivity index (χ0v) is 11.4. The summed E-state index contributed by atoms with van der Waals surface area (Å²) in [6, 6.07) is 2.43. The molecule has 1 aliphatic rings. The van der Waals surface area contributed by atoms with Crippen LogP contribution in [0.25, 0.3) is 0 Å². The minimum absolute atomic E-state index is 0.0152. The predicted molar refractivity (Wildman–Crippen MR) is 70.0 cm³/mol. The molecule has 0 saturated carbocycles. The normalized spacial score (nSPS) is 17.1. The zero-order valence-electron chi connectivity index (χ0n) is 11.4. The lowest BCUT2D eigenvalue weighted by molar-refractivity contribution is -0.138. The molecule has 1 aliphatic heterocycles. The number of aliphatic imine (C=N–C) groups is 1. The van der Waals surface area contributed by atoms with Crippen molar-refractivity contribution >= 4 is 11.9 Å². The van der Waals surface area contributed by atoms with Crippen LogP contribution in [0.3, 0.4) is 0 Å². The summed E-state index contributed by atoms with van der Waals surface area (Å²) in [5.41, 5.74) is 0.572. The van der Waals surface area contributed by atoms with E-state index in [1.807, 2.05) is 0 Å². The molecule has 1 atom stereocenters. The molecular weight excluding hydrogens is 266 g/mol. The Morgan fingerprint density at radius 2 is 1.85 bits per heavy atom. The average Bonchev–Trinajstić information content (AvgIpc) is 2.95. The lowest BCUT2D eigenvalue weighted by Gasteiger charge is -2.13. The summed E-state index contributed by atoms with van der Waals surface area (Å²) in [7, 11) is 4.50. The standard InChI is InChI=1S/C13H15NO6/c1-17-9-4-7(5-10(18-2)11(9)19-3)12-14-8(6-20-12)13(15)16/h4-5,8H,6H2,1-3H3,(H,15,16). The van der Waals surface area contributed by atoms with Crippen molar-refractivity contribution in [2.24, 2.45) is 4.99 Å². The van der Waals surface area contributed by atoms with E-state index in [0.29, 0.717) is 22.8 Å². The molecule has 7 nitrogen and oxygen atoms in total. The van der Waals surface area contributed by atoms with E-state index in [4.69, 9.17) is 24.1 Å². The third kappa shape index (κ3) is 2.47. The van der Waals surface area contributed by atoms with Crippen molar-refractivity contribution in [3.63, 3.8) is 0 Å². The second-order valence-electron chi connectivity index (χ2n) is 4.01. The number of hydrogen-bond acceptors (Lipinski definition) is 6. The van der Waals surface area contributed by atoms with Crippen molar-refractivity contribution in [1.82, 2.24) is 0 Å². The van der Waals surface area contributed by atoms with Gasteiger partial charge >= 0.3 is 5.97 Å². The number of carboxylic acid groups (broad SMARTS) is 1. The molecule has 0 radical (unpaired) electrons. The highest BCUT2D eigenvalue weighted by molar-refractivity contribution is 5.98. The highest BCUT2D eigenvalue weighted by Crippen LogP contribution is 2.38. The van der Waals surface area contributed by atoms with Gasteiger partial charge in [0.25, 0.3) is 0 Å². The van der Waals surface area contributed by atoms with Gasteiger partial charge in [-0.1, -0.05) is 0 Å². The first-order chi connectivity index (χ1) is 9.60. The molecule has 2 rings (SSSR count). The van der Waals surface area contributed by atoms with E-state index in [2.05, 4.69) is 4.99 Å². The number of nitrogens with zero attached hydrogens (tertiary/aromatic N) is 1. The maximum absolute atomic E-state index is 10.9. The number of carboxylic acids is 1. The molecular formula is C13H15NO6. The summed E-state index contributed by atoms with van der Waals surface area (Å²) in [4.78, 5) is 14.9. The quantitative estimate of drug-likeness (QED) is 0.864. The Kier molecular flexibility index (Phi) is 3.97. The Morgan fingerprint density at radius 1 is 1.25 bits per heavy atom. The Bertz CT molecular complexity index is 529. The van der Waals surface area contributed by atoms with Gasteiger partial charge in [-0.2, -0.15) is 0 Å². The average molecular weight is 281 g/mol. The van der Waals surface area contributed by atoms with E-state index >= 15 is 0 Å². The first-order valence-corrected chi connectivity index (χ1v) is 5.84. The van der Waals surface area contributed by atoms with E-state index < -0.39 is 12.0 Å². The van der Waals surface area contributed by atoms with Crippen molar-refractivity contribution < 1.29 is 28.8 Å². The lowest BCUT2D eigenvalue weighted by atomic mass is 10.1. The van der Waals surface area contributed by atoms with Crippen molar-refractivity contribution in [1.29, 1.82) is 0 Å². The molecule has 108 valence electrons. The number of carbonyl (C=O) groups is 1. The molecule has 20 heavy (non-hydrogen) atoms. The van der Waals surface area contributed by atoms with Crippen LogP contribution in [0.4, 0.5) is 0 Å². The van der Waals surface area contributed by atoms with Gasteiger partial charge in [-0.05, 0) is 12.1 Å².